The van der Waals surface area contributed by atoms with Gasteiger partial charge >= 0.3 is 0 Å². The molecule has 126 valence electrons. The minimum Gasteiger partial charge on any atom is -0.348 e. The van der Waals surface area contributed by atoms with Gasteiger partial charge in [0.15, 0.2) is 0 Å². The van der Waals surface area contributed by atoms with Crippen LogP contribution in [-0.2, 0) is 4.79 Å². The normalized spacial score (nSPS) is 21.0. The van der Waals surface area contributed by atoms with E-state index in [-0.39, 0.29) is 17.3 Å². The SMILES string of the molecule is C[C@@H]1CCCC[C@H]1NC(=O)/C(C#N)=C/c1ccc(Br)c([N+](=O)[O-])c1. The molecule has 1 fully saturated rings. The Kier molecular flexibility index (Phi) is 6.10. The molecule has 0 saturated heterocycles. The standard InChI is InChI=1S/C17H18BrN3O3/c1-11-4-2-3-5-15(11)20-17(22)13(10-19)8-12-6-7-14(18)16(9-12)21(23)24/h6-9,11,15H,2-5H2,1H3,(H,20,22)/b13-8+/t11-,15-/m1/s1. The van der Waals surface area contributed by atoms with E-state index in [1.807, 2.05) is 6.07 Å². The fourth-order valence-electron chi connectivity index (χ4n) is 2.85. The quantitative estimate of drug-likeness (QED) is 0.363. The molecule has 0 aliphatic heterocycles. The first-order valence-corrected chi connectivity index (χ1v) is 8.58. The molecule has 6 nitrogen and oxygen atoms in total. The van der Waals surface area contributed by atoms with Crippen molar-refractivity contribution in [1.82, 2.24) is 5.32 Å². The van der Waals surface area contributed by atoms with E-state index >= 15 is 0 Å². The van der Waals surface area contributed by atoms with Crippen LogP contribution in [0.15, 0.2) is 28.2 Å². The Morgan fingerprint density at radius 2 is 2.17 bits per heavy atom. The highest BCUT2D eigenvalue weighted by Gasteiger charge is 2.24. The third kappa shape index (κ3) is 4.42. The maximum atomic E-state index is 12.3. The van der Waals surface area contributed by atoms with E-state index in [2.05, 4.69) is 28.2 Å². The van der Waals surface area contributed by atoms with Crippen LogP contribution in [0.4, 0.5) is 5.69 Å². The van der Waals surface area contributed by atoms with Gasteiger partial charge in [0.2, 0.25) is 0 Å². The van der Waals surface area contributed by atoms with Crippen LogP contribution >= 0.6 is 15.9 Å². The van der Waals surface area contributed by atoms with E-state index in [1.165, 1.54) is 18.2 Å². The molecular weight excluding hydrogens is 374 g/mol. The highest BCUT2D eigenvalue weighted by atomic mass is 79.9. The maximum absolute atomic E-state index is 12.3. The van der Waals surface area contributed by atoms with Crippen molar-refractivity contribution >= 4 is 33.6 Å². The predicted octanol–water partition coefficient (Wildman–Crippen LogP) is 3.96. The fourth-order valence-corrected chi connectivity index (χ4v) is 3.24. The first kappa shape index (κ1) is 18.1. The molecule has 1 aromatic carbocycles. The number of amides is 1. The van der Waals surface area contributed by atoms with Gasteiger partial charge in [-0.1, -0.05) is 25.8 Å². The zero-order valence-electron chi connectivity index (χ0n) is 13.3. The van der Waals surface area contributed by atoms with Gasteiger partial charge in [0, 0.05) is 12.1 Å². The molecule has 1 N–H and O–H groups in total. The number of hydrogen-bond acceptors (Lipinski definition) is 4. The number of nitrogens with one attached hydrogen (secondary N) is 1. The zero-order valence-corrected chi connectivity index (χ0v) is 14.9. The van der Waals surface area contributed by atoms with Crippen LogP contribution in [-0.4, -0.2) is 16.9 Å². The number of nitriles is 1. The Balaban J connectivity index is 2.19. The van der Waals surface area contributed by atoms with E-state index in [0.717, 1.165) is 25.7 Å². The summed E-state index contributed by atoms with van der Waals surface area (Å²) in [4.78, 5) is 22.8. The summed E-state index contributed by atoms with van der Waals surface area (Å²) in [6.45, 7) is 2.10. The third-order valence-electron chi connectivity index (χ3n) is 4.27. The lowest BCUT2D eigenvalue weighted by Gasteiger charge is -2.29. The molecule has 1 aliphatic carbocycles. The van der Waals surface area contributed by atoms with Crippen molar-refractivity contribution in [1.29, 1.82) is 5.26 Å². The highest BCUT2D eigenvalue weighted by Crippen LogP contribution is 2.27. The van der Waals surface area contributed by atoms with Gasteiger partial charge in [-0.3, -0.25) is 14.9 Å². The van der Waals surface area contributed by atoms with Crippen LogP contribution in [0.5, 0.6) is 0 Å². The fraction of sp³-hybridized carbons (Fsp3) is 0.412. The number of benzene rings is 1. The summed E-state index contributed by atoms with van der Waals surface area (Å²) in [6.07, 6.45) is 5.59. The Morgan fingerprint density at radius 3 is 2.79 bits per heavy atom. The number of nitro groups is 1. The van der Waals surface area contributed by atoms with Crippen molar-refractivity contribution in [3.05, 3.63) is 43.9 Å². The number of halogens is 1. The van der Waals surface area contributed by atoms with Gasteiger partial charge in [0.25, 0.3) is 11.6 Å². The van der Waals surface area contributed by atoms with Crippen LogP contribution in [0.2, 0.25) is 0 Å². The van der Waals surface area contributed by atoms with Gasteiger partial charge in [-0.05, 0) is 52.4 Å². The number of carbonyl (C=O) groups excluding carboxylic acids is 1. The monoisotopic (exact) mass is 391 g/mol. The highest BCUT2D eigenvalue weighted by molar-refractivity contribution is 9.10. The van der Waals surface area contributed by atoms with Crippen LogP contribution in [0.25, 0.3) is 6.08 Å². The van der Waals surface area contributed by atoms with Gasteiger partial charge in [-0.25, -0.2) is 0 Å². The second-order valence-electron chi connectivity index (χ2n) is 5.98. The average molecular weight is 392 g/mol. The van der Waals surface area contributed by atoms with Gasteiger partial charge < -0.3 is 5.32 Å². The Labute approximate surface area is 148 Å². The van der Waals surface area contributed by atoms with Gasteiger partial charge in [-0.15, -0.1) is 0 Å². The van der Waals surface area contributed by atoms with E-state index in [9.17, 15) is 20.2 Å². The van der Waals surface area contributed by atoms with Crippen LogP contribution in [0.3, 0.4) is 0 Å². The van der Waals surface area contributed by atoms with E-state index in [4.69, 9.17) is 0 Å². The smallest absolute Gasteiger partial charge is 0.284 e. The summed E-state index contributed by atoms with van der Waals surface area (Å²) in [5.74, 6) is -0.0433. The molecule has 1 aromatic rings. The summed E-state index contributed by atoms with van der Waals surface area (Å²) in [5.41, 5.74) is 0.278. The van der Waals surface area contributed by atoms with Crippen molar-refractivity contribution in [2.45, 2.75) is 38.6 Å². The second-order valence-corrected chi connectivity index (χ2v) is 6.83. The van der Waals surface area contributed by atoms with E-state index < -0.39 is 10.8 Å². The molecule has 0 bridgehead atoms. The molecule has 0 unspecified atom stereocenters. The van der Waals surface area contributed by atoms with Gasteiger partial charge in [0.1, 0.15) is 11.6 Å². The molecule has 24 heavy (non-hydrogen) atoms. The first-order valence-electron chi connectivity index (χ1n) is 7.79. The number of carbonyl (C=O) groups is 1. The summed E-state index contributed by atoms with van der Waals surface area (Å²) in [5, 5.41) is 23.2. The van der Waals surface area contributed by atoms with Crippen molar-refractivity contribution < 1.29 is 9.72 Å². The molecule has 0 spiro atoms. The van der Waals surface area contributed by atoms with Crippen molar-refractivity contribution in [3.8, 4) is 6.07 Å². The van der Waals surface area contributed by atoms with E-state index in [1.54, 1.807) is 6.07 Å². The minimum absolute atomic E-state index is 0.0515. The lowest BCUT2D eigenvalue weighted by Crippen LogP contribution is -2.41. The van der Waals surface area contributed by atoms with Crippen molar-refractivity contribution in [2.24, 2.45) is 5.92 Å². The van der Waals surface area contributed by atoms with Crippen LogP contribution < -0.4 is 5.32 Å². The van der Waals surface area contributed by atoms with Gasteiger partial charge in [-0.2, -0.15) is 5.26 Å². The summed E-state index contributed by atoms with van der Waals surface area (Å²) < 4.78 is 0.351. The third-order valence-corrected chi connectivity index (χ3v) is 4.94. The molecule has 1 saturated carbocycles. The molecule has 7 heteroatoms. The zero-order chi connectivity index (χ0) is 17.7. The molecule has 0 heterocycles. The predicted molar refractivity (Wildman–Crippen MR) is 93.9 cm³/mol. The van der Waals surface area contributed by atoms with Crippen molar-refractivity contribution in [2.75, 3.05) is 0 Å². The molecular formula is C17H18BrN3O3. The number of rotatable bonds is 4. The lowest BCUT2D eigenvalue weighted by molar-refractivity contribution is -0.385. The van der Waals surface area contributed by atoms with Crippen molar-refractivity contribution in [3.63, 3.8) is 0 Å². The lowest BCUT2D eigenvalue weighted by atomic mass is 9.86. The Bertz CT molecular complexity index is 724. The summed E-state index contributed by atoms with van der Waals surface area (Å²) >= 11 is 3.11. The molecule has 2 atom stereocenters. The topological polar surface area (TPSA) is 96.0 Å². The Hall–Kier alpha value is -2.20. The molecule has 1 aliphatic rings. The first-order chi connectivity index (χ1) is 11.4. The maximum Gasteiger partial charge on any atom is 0.284 e. The van der Waals surface area contributed by atoms with Crippen LogP contribution in [0.1, 0.15) is 38.2 Å². The second kappa shape index (κ2) is 8.06. The van der Waals surface area contributed by atoms with Crippen LogP contribution in [0, 0.1) is 27.4 Å². The average Bonchev–Trinajstić information content (AvgIpc) is 2.55. The number of nitrogens with zero attached hydrogens (tertiary/aromatic N) is 2. The summed E-state index contributed by atoms with van der Waals surface area (Å²) in [7, 11) is 0. The number of nitro benzene ring substituents is 1. The largest absolute Gasteiger partial charge is 0.348 e. The molecule has 0 radical (unpaired) electrons. The molecule has 0 aromatic heterocycles. The number of hydrogen-bond donors (Lipinski definition) is 1. The molecule has 1 amide bonds. The van der Waals surface area contributed by atoms with Gasteiger partial charge in [0.05, 0.1) is 9.40 Å². The minimum atomic E-state index is -0.517. The van der Waals surface area contributed by atoms with E-state index in [0.29, 0.717) is 16.0 Å². The Morgan fingerprint density at radius 1 is 1.46 bits per heavy atom. The molecule has 2 rings (SSSR count). The summed E-state index contributed by atoms with van der Waals surface area (Å²) in [6, 6.07) is 6.43.